The van der Waals surface area contributed by atoms with Crippen molar-refractivity contribution in [2.45, 2.75) is 64.2 Å². The molecule has 3 aromatic rings. The Kier molecular flexibility index (Phi) is 8.94. The molecule has 0 fully saturated rings. The minimum Gasteiger partial charge on any atom is -0.288 e. The number of nitrogens with one attached hydrogen (secondary N) is 2. The summed E-state index contributed by atoms with van der Waals surface area (Å²) in [5, 5.41) is 9.07. The average Bonchev–Trinajstić information content (AvgIpc) is 2.86. The van der Waals surface area contributed by atoms with E-state index in [4.69, 9.17) is 5.21 Å². The van der Waals surface area contributed by atoms with Gasteiger partial charge in [-0.1, -0.05) is 96.1 Å². The van der Waals surface area contributed by atoms with Crippen LogP contribution in [0.2, 0.25) is 0 Å². The molecule has 0 aromatic heterocycles. The van der Waals surface area contributed by atoms with Gasteiger partial charge in [-0.15, -0.1) is 0 Å². The van der Waals surface area contributed by atoms with E-state index in [2.05, 4.69) is 18.6 Å². The summed E-state index contributed by atoms with van der Waals surface area (Å²) >= 11 is 0. The topological polar surface area (TPSA) is 95.5 Å². The molecule has 0 radical (unpaired) electrons. The molecule has 3 aromatic carbocycles. The summed E-state index contributed by atoms with van der Waals surface area (Å²) in [6.45, 7) is 12.2. The summed E-state index contributed by atoms with van der Waals surface area (Å²) in [7, 11) is -3.93. The first-order valence-corrected chi connectivity index (χ1v) is 13.9. The van der Waals surface area contributed by atoms with Crippen LogP contribution in [-0.4, -0.2) is 19.5 Å². The predicted molar refractivity (Wildman–Crippen MR) is 149 cm³/mol. The van der Waals surface area contributed by atoms with Gasteiger partial charge in [-0.2, -0.15) is 0 Å². The lowest BCUT2D eigenvalue weighted by Crippen LogP contribution is -2.19. The maximum absolute atomic E-state index is 13.9. The molecule has 0 bridgehead atoms. The second-order valence-electron chi connectivity index (χ2n) is 10.1. The second-order valence-corrected chi connectivity index (χ2v) is 11.7. The van der Waals surface area contributed by atoms with Crippen LogP contribution in [0.25, 0.3) is 5.57 Å². The number of sulfonamides is 1. The summed E-state index contributed by atoms with van der Waals surface area (Å²) in [6.07, 6.45) is 1.28. The van der Waals surface area contributed by atoms with Gasteiger partial charge in [-0.05, 0) is 63.3 Å². The van der Waals surface area contributed by atoms with Gasteiger partial charge in [0.15, 0.2) is 0 Å². The zero-order valence-electron chi connectivity index (χ0n) is 22.2. The van der Waals surface area contributed by atoms with Gasteiger partial charge in [-0.3, -0.25) is 14.7 Å². The lowest BCUT2D eigenvalue weighted by Gasteiger charge is -2.23. The monoisotopic (exact) mass is 520 g/mol. The van der Waals surface area contributed by atoms with Crippen molar-refractivity contribution in [3.8, 4) is 0 Å². The summed E-state index contributed by atoms with van der Waals surface area (Å²) < 4.78 is 30.6. The normalized spacial score (nSPS) is 12.3. The molecule has 3 N–H and O–H groups in total. The fourth-order valence-electron chi connectivity index (χ4n) is 4.27. The molecule has 6 nitrogen and oxygen atoms in total. The molecule has 0 aliphatic heterocycles. The van der Waals surface area contributed by atoms with Crippen LogP contribution in [0.3, 0.4) is 0 Å². The Bertz CT molecular complexity index is 1360. The van der Waals surface area contributed by atoms with Gasteiger partial charge in [-0.25, -0.2) is 13.9 Å². The van der Waals surface area contributed by atoms with E-state index in [1.807, 2.05) is 70.2 Å². The largest absolute Gasteiger partial charge is 0.288 e. The van der Waals surface area contributed by atoms with Gasteiger partial charge in [0.1, 0.15) is 0 Å². The molecule has 37 heavy (non-hydrogen) atoms. The van der Waals surface area contributed by atoms with Crippen LogP contribution in [0.5, 0.6) is 0 Å². The Morgan fingerprint density at radius 3 is 1.86 bits per heavy atom. The molecular formula is C30H36N2O4S. The van der Waals surface area contributed by atoms with E-state index in [1.54, 1.807) is 29.7 Å². The molecule has 0 unspecified atom stereocenters. The number of benzene rings is 3. The smallest absolute Gasteiger partial charge is 0.267 e. The van der Waals surface area contributed by atoms with Gasteiger partial charge >= 0.3 is 0 Å². The molecule has 0 saturated heterocycles. The van der Waals surface area contributed by atoms with Gasteiger partial charge < -0.3 is 0 Å². The van der Waals surface area contributed by atoms with Gasteiger partial charge in [0.05, 0.1) is 4.90 Å². The van der Waals surface area contributed by atoms with E-state index in [1.165, 1.54) is 6.08 Å². The molecule has 1 amide bonds. The second kappa shape index (κ2) is 11.8. The molecule has 0 saturated carbocycles. The maximum Gasteiger partial charge on any atom is 0.267 e. The first kappa shape index (κ1) is 28.2. The number of hydroxylamine groups is 1. The minimum atomic E-state index is -3.93. The van der Waals surface area contributed by atoms with Crippen molar-refractivity contribution < 1.29 is 18.4 Å². The third kappa shape index (κ3) is 6.67. The Morgan fingerprint density at radius 2 is 1.35 bits per heavy atom. The van der Waals surface area contributed by atoms with Crippen molar-refractivity contribution in [1.29, 1.82) is 0 Å². The number of hydrogen-bond donors (Lipinski definition) is 3. The van der Waals surface area contributed by atoms with E-state index >= 15 is 0 Å². The van der Waals surface area contributed by atoms with E-state index in [9.17, 15) is 13.2 Å². The standard InChI is InChI=1S/C30H36N2O4S/c1-19(2)24-16-26(20(3)4)30(27(17-24)21(5)6)37(35,36)32-25-14-10-13-23(15-25)28(18-29(33)31-34)22-11-8-7-9-12-22/h7-21,32,34H,1-6H3,(H,31,33)/b28-18-. The van der Waals surface area contributed by atoms with Gasteiger partial charge in [0.2, 0.25) is 0 Å². The number of rotatable bonds is 9. The zero-order chi connectivity index (χ0) is 27.3. The van der Waals surface area contributed by atoms with Crippen molar-refractivity contribution in [2.75, 3.05) is 4.72 Å². The number of carbonyl (C=O) groups is 1. The first-order valence-electron chi connectivity index (χ1n) is 12.5. The van der Waals surface area contributed by atoms with Crippen molar-refractivity contribution >= 4 is 27.2 Å². The minimum absolute atomic E-state index is 0.0127. The third-order valence-corrected chi connectivity index (χ3v) is 7.76. The highest BCUT2D eigenvalue weighted by atomic mass is 32.2. The SMILES string of the molecule is CC(C)c1cc(C(C)C)c(S(=O)(=O)Nc2cccc(/C(=C\C(=O)NO)c3ccccc3)c2)c(C(C)C)c1. The zero-order valence-corrected chi connectivity index (χ0v) is 23.1. The van der Waals surface area contributed by atoms with E-state index in [0.29, 0.717) is 21.7 Å². The Labute approximate surface area is 220 Å². The third-order valence-electron chi connectivity index (χ3n) is 6.24. The fourth-order valence-corrected chi connectivity index (χ4v) is 6.02. The Hall–Kier alpha value is -3.42. The first-order chi connectivity index (χ1) is 17.4. The summed E-state index contributed by atoms with van der Waals surface area (Å²) in [4.78, 5) is 12.3. The van der Waals surface area contributed by atoms with Gasteiger partial charge in [0, 0.05) is 11.8 Å². The summed E-state index contributed by atoms with van der Waals surface area (Å²) in [5.74, 6) is -0.383. The summed E-state index contributed by atoms with van der Waals surface area (Å²) in [5.41, 5.74) is 6.63. The van der Waals surface area contributed by atoms with Crippen LogP contribution in [0.4, 0.5) is 5.69 Å². The molecular weight excluding hydrogens is 484 g/mol. The Balaban J connectivity index is 2.12. The van der Waals surface area contributed by atoms with E-state index in [0.717, 1.165) is 22.3 Å². The summed E-state index contributed by atoms with van der Waals surface area (Å²) in [6, 6.07) is 20.1. The molecule has 0 spiro atoms. The lowest BCUT2D eigenvalue weighted by molar-refractivity contribution is -0.124. The molecule has 0 aliphatic carbocycles. The van der Waals surface area contributed by atoms with Crippen molar-refractivity contribution in [3.05, 3.63) is 101 Å². The van der Waals surface area contributed by atoms with Crippen LogP contribution < -0.4 is 10.2 Å². The maximum atomic E-state index is 13.9. The highest BCUT2D eigenvalue weighted by Crippen LogP contribution is 2.36. The average molecular weight is 521 g/mol. The van der Waals surface area contributed by atoms with E-state index in [-0.39, 0.29) is 17.8 Å². The van der Waals surface area contributed by atoms with Gasteiger partial charge in [0.25, 0.3) is 15.9 Å². The van der Waals surface area contributed by atoms with Crippen LogP contribution in [-0.2, 0) is 14.8 Å². The molecule has 0 aliphatic rings. The molecule has 196 valence electrons. The highest BCUT2D eigenvalue weighted by Gasteiger charge is 2.27. The van der Waals surface area contributed by atoms with Crippen LogP contribution in [0, 0.1) is 0 Å². The quantitative estimate of drug-likeness (QED) is 0.164. The fraction of sp³-hybridized carbons (Fsp3) is 0.300. The predicted octanol–water partition coefficient (Wildman–Crippen LogP) is 6.79. The number of anilines is 1. The van der Waals surface area contributed by atoms with Crippen LogP contribution in [0.1, 0.15) is 87.1 Å². The van der Waals surface area contributed by atoms with E-state index < -0.39 is 15.9 Å². The van der Waals surface area contributed by atoms with Crippen LogP contribution >= 0.6 is 0 Å². The van der Waals surface area contributed by atoms with Crippen molar-refractivity contribution in [2.24, 2.45) is 0 Å². The van der Waals surface area contributed by atoms with Crippen molar-refractivity contribution in [1.82, 2.24) is 5.48 Å². The lowest BCUT2D eigenvalue weighted by atomic mass is 9.89. The van der Waals surface area contributed by atoms with Crippen LogP contribution in [0.15, 0.2) is 77.7 Å². The number of hydrogen-bond acceptors (Lipinski definition) is 4. The van der Waals surface area contributed by atoms with Crippen molar-refractivity contribution in [3.63, 3.8) is 0 Å². The molecule has 3 rings (SSSR count). The molecule has 0 heterocycles. The number of amides is 1. The Morgan fingerprint density at radius 1 is 0.784 bits per heavy atom. The molecule has 7 heteroatoms. The highest BCUT2D eigenvalue weighted by molar-refractivity contribution is 7.92. The molecule has 0 atom stereocenters. The number of carbonyl (C=O) groups excluding carboxylic acids is 1.